The van der Waals surface area contributed by atoms with Crippen LogP contribution in [0.25, 0.3) is 0 Å². The molecule has 1 atom stereocenters. The first-order valence-corrected chi connectivity index (χ1v) is 6.22. The predicted octanol–water partition coefficient (Wildman–Crippen LogP) is 2.15. The standard InChI is InChI=1S/C12H24N2O2/c1-14(2)9-11(13-12(15)16)8-10-6-4-3-5-7-10/h10-11,13H,3-9H2,1-2H3,(H,15,16). The fourth-order valence-corrected chi connectivity index (χ4v) is 2.62. The van der Waals surface area contributed by atoms with Gasteiger partial charge in [-0.25, -0.2) is 4.79 Å². The summed E-state index contributed by atoms with van der Waals surface area (Å²) < 4.78 is 0. The summed E-state index contributed by atoms with van der Waals surface area (Å²) in [6.45, 7) is 0.794. The highest BCUT2D eigenvalue weighted by Crippen LogP contribution is 2.27. The monoisotopic (exact) mass is 228 g/mol. The summed E-state index contributed by atoms with van der Waals surface area (Å²) in [6.07, 6.45) is 6.60. The molecule has 0 bridgehead atoms. The Morgan fingerprint density at radius 2 is 2.00 bits per heavy atom. The number of hydrogen-bond donors (Lipinski definition) is 2. The summed E-state index contributed by atoms with van der Waals surface area (Å²) in [5, 5.41) is 11.4. The van der Waals surface area contributed by atoms with Crippen molar-refractivity contribution in [1.82, 2.24) is 10.2 Å². The lowest BCUT2D eigenvalue weighted by Gasteiger charge is -2.28. The third-order valence-corrected chi connectivity index (χ3v) is 3.26. The van der Waals surface area contributed by atoms with E-state index in [2.05, 4.69) is 5.32 Å². The fourth-order valence-electron chi connectivity index (χ4n) is 2.62. The molecule has 0 saturated heterocycles. The Hall–Kier alpha value is -0.770. The van der Waals surface area contributed by atoms with Crippen LogP contribution in [0.3, 0.4) is 0 Å². The number of amides is 1. The molecule has 0 heterocycles. The molecule has 4 nitrogen and oxygen atoms in total. The maximum atomic E-state index is 10.7. The zero-order valence-corrected chi connectivity index (χ0v) is 10.4. The lowest BCUT2D eigenvalue weighted by Crippen LogP contribution is -2.42. The molecule has 1 aliphatic carbocycles. The minimum atomic E-state index is -0.900. The van der Waals surface area contributed by atoms with E-state index in [9.17, 15) is 4.79 Å². The number of hydrogen-bond acceptors (Lipinski definition) is 2. The largest absolute Gasteiger partial charge is 0.465 e. The van der Waals surface area contributed by atoms with Crippen molar-refractivity contribution in [2.45, 2.75) is 44.6 Å². The Morgan fingerprint density at radius 1 is 1.38 bits per heavy atom. The zero-order chi connectivity index (χ0) is 12.0. The number of rotatable bonds is 5. The topological polar surface area (TPSA) is 52.6 Å². The van der Waals surface area contributed by atoms with Crippen LogP contribution in [0.1, 0.15) is 38.5 Å². The van der Waals surface area contributed by atoms with Crippen molar-refractivity contribution < 1.29 is 9.90 Å². The molecule has 0 aromatic rings. The van der Waals surface area contributed by atoms with Crippen LogP contribution in [0.15, 0.2) is 0 Å². The third-order valence-electron chi connectivity index (χ3n) is 3.26. The fraction of sp³-hybridized carbons (Fsp3) is 0.917. The molecule has 0 aromatic carbocycles. The molecule has 1 amide bonds. The summed E-state index contributed by atoms with van der Waals surface area (Å²) in [6, 6.07) is 0.0793. The van der Waals surface area contributed by atoms with Crippen LogP contribution < -0.4 is 5.32 Å². The molecule has 4 heteroatoms. The van der Waals surface area contributed by atoms with Gasteiger partial charge in [0.15, 0.2) is 0 Å². The Labute approximate surface area is 98.0 Å². The Morgan fingerprint density at radius 3 is 2.50 bits per heavy atom. The number of carbonyl (C=O) groups is 1. The van der Waals surface area contributed by atoms with Crippen LogP contribution in [0.4, 0.5) is 4.79 Å². The summed E-state index contributed by atoms with van der Waals surface area (Å²) >= 11 is 0. The van der Waals surface area contributed by atoms with E-state index in [-0.39, 0.29) is 6.04 Å². The first-order chi connectivity index (χ1) is 7.58. The van der Waals surface area contributed by atoms with Crippen molar-refractivity contribution in [2.75, 3.05) is 20.6 Å². The van der Waals surface area contributed by atoms with E-state index < -0.39 is 6.09 Å². The van der Waals surface area contributed by atoms with Gasteiger partial charge in [-0.3, -0.25) is 0 Å². The summed E-state index contributed by atoms with van der Waals surface area (Å²) in [5.74, 6) is 0.713. The van der Waals surface area contributed by atoms with Gasteiger partial charge < -0.3 is 15.3 Å². The Bertz CT molecular complexity index is 213. The molecule has 1 fully saturated rings. The maximum absolute atomic E-state index is 10.7. The molecule has 0 aromatic heterocycles. The SMILES string of the molecule is CN(C)CC(CC1CCCCC1)NC(=O)O. The van der Waals surface area contributed by atoms with E-state index in [4.69, 9.17) is 5.11 Å². The molecule has 0 spiro atoms. The molecule has 2 N–H and O–H groups in total. The lowest BCUT2D eigenvalue weighted by molar-refractivity contribution is 0.180. The summed E-state index contributed by atoms with van der Waals surface area (Å²) in [4.78, 5) is 12.7. The van der Waals surface area contributed by atoms with Gasteiger partial charge in [0.25, 0.3) is 0 Å². The zero-order valence-electron chi connectivity index (χ0n) is 10.4. The first kappa shape index (κ1) is 13.3. The average molecular weight is 228 g/mol. The molecular formula is C12H24N2O2. The van der Waals surface area contributed by atoms with Gasteiger partial charge in [0.1, 0.15) is 0 Å². The second kappa shape index (κ2) is 6.74. The molecule has 1 saturated carbocycles. The normalized spacial score (nSPS) is 19.7. The van der Waals surface area contributed by atoms with Crippen LogP contribution in [0.2, 0.25) is 0 Å². The van der Waals surface area contributed by atoms with Gasteiger partial charge in [-0.15, -0.1) is 0 Å². The van der Waals surface area contributed by atoms with Gasteiger partial charge in [0.05, 0.1) is 0 Å². The predicted molar refractivity (Wildman–Crippen MR) is 64.7 cm³/mol. The molecular weight excluding hydrogens is 204 g/mol. The molecule has 1 unspecified atom stereocenters. The van der Waals surface area contributed by atoms with E-state index in [1.165, 1.54) is 32.1 Å². The van der Waals surface area contributed by atoms with E-state index >= 15 is 0 Å². The molecule has 0 aliphatic heterocycles. The van der Waals surface area contributed by atoms with Gasteiger partial charge in [-0.1, -0.05) is 32.1 Å². The maximum Gasteiger partial charge on any atom is 0.404 e. The minimum Gasteiger partial charge on any atom is -0.465 e. The first-order valence-electron chi connectivity index (χ1n) is 6.22. The van der Waals surface area contributed by atoms with Crippen molar-refractivity contribution in [3.05, 3.63) is 0 Å². The van der Waals surface area contributed by atoms with Gasteiger partial charge in [0.2, 0.25) is 0 Å². The van der Waals surface area contributed by atoms with Crippen LogP contribution in [-0.4, -0.2) is 42.8 Å². The number of likely N-dealkylation sites (N-methyl/N-ethyl adjacent to an activating group) is 1. The van der Waals surface area contributed by atoms with E-state index in [0.717, 1.165) is 13.0 Å². The summed E-state index contributed by atoms with van der Waals surface area (Å²) in [7, 11) is 3.97. The second-order valence-electron chi connectivity index (χ2n) is 5.15. The Balaban J connectivity index is 2.37. The van der Waals surface area contributed by atoms with Crippen molar-refractivity contribution in [3.63, 3.8) is 0 Å². The molecule has 1 aliphatic rings. The highest BCUT2D eigenvalue weighted by atomic mass is 16.4. The van der Waals surface area contributed by atoms with Crippen molar-refractivity contribution in [3.8, 4) is 0 Å². The van der Waals surface area contributed by atoms with Crippen LogP contribution in [-0.2, 0) is 0 Å². The van der Waals surface area contributed by atoms with Gasteiger partial charge in [-0.05, 0) is 26.4 Å². The van der Waals surface area contributed by atoms with Crippen molar-refractivity contribution in [1.29, 1.82) is 0 Å². The smallest absolute Gasteiger partial charge is 0.404 e. The molecule has 1 rings (SSSR count). The van der Waals surface area contributed by atoms with Gasteiger partial charge in [0, 0.05) is 12.6 Å². The summed E-state index contributed by atoms with van der Waals surface area (Å²) in [5.41, 5.74) is 0. The van der Waals surface area contributed by atoms with Crippen LogP contribution in [0.5, 0.6) is 0 Å². The van der Waals surface area contributed by atoms with Crippen molar-refractivity contribution in [2.24, 2.45) is 5.92 Å². The molecule has 94 valence electrons. The van der Waals surface area contributed by atoms with Crippen LogP contribution >= 0.6 is 0 Å². The van der Waals surface area contributed by atoms with Gasteiger partial charge in [-0.2, -0.15) is 0 Å². The second-order valence-corrected chi connectivity index (χ2v) is 5.15. The average Bonchev–Trinajstić information content (AvgIpc) is 2.16. The quantitative estimate of drug-likeness (QED) is 0.758. The highest BCUT2D eigenvalue weighted by molar-refractivity contribution is 5.64. The minimum absolute atomic E-state index is 0.0793. The van der Waals surface area contributed by atoms with Gasteiger partial charge >= 0.3 is 6.09 Å². The highest BCUT2D eigenvalue weighted by Gasteiger charge is 2.20. The molecule has 0 radical (unpaired) electrons. The third kappa shape index (κ3) is 5.35. The van der Waals surface area contributed by atoms with E-state index in [1.54, 1.807) is 0 Å². The van der Waals surface area contributed by atoms with Crippen molar-refractivity contribution >= 4 is 6.09 Å². The lowest BCUT2D eigenvalue weighted by atomic mass is 9.85. The number of nitrogens with one attached hydrogen (secondary N) is 1. The Kier molecular flexibility index (Phi) is 5.60. The molecule has 16 heavy (non-hydrogen) atoms. The number of carboxylic acid groups (broad SMARTS) is 1. The van der Waals surface area contributed by atoms with E-state index in [1.807, 2.05) is 19.0 Å². The van der Waals surface area contributed by atoms with E-state index in [0.29, 0.717) is 5.92 Å². The van der Waals surface area contributed by atoms with Crippen LogP contribution in [0, 0.1) is 5.92 Å². The number of nitrogens with zero attached hydrogens (tertiary/aromatic N) is 1.